The highest BCUT2D eigenvalue weighted by molar-refractivity contribution is 5.16. The van der Waals surface area contributed by atoms with Crippen LogP contribution in [-0.4, -0.2) is 13.1 Å². The summed E-state index contributed by atoms with van der Waals surface area (Å²) in [6, 6.07) is 15.1. The Bertz CT molecular complexity index is 408. The van der Waals surface area contributed by atoms with Gasteiger partial charge in [-0.25, -0.2) is 0 Å². The summed E-state index contributed by atoms with van der Waals surface area (Å²) < 4.78 is 5.35. The number of furan rings is 1. The fourth-order valence-electron chi connectivity index (χ4n) is 2.02. The number of aryl methyl sites for hydroxylation is 1. The second-order valence-corrected chi connectivity index (χ2v) is 4.29. The molecule has 0 saturated carbocycles. The summed E-state index contributed by atoms with van der Waals surface area (Å²) in [6.07, 6.45) is 4.89. The molecule has 2 rings (SSSR count). The van der Waals surface area contributed by atoms with Gasteiger partial charge in [-0.1, -0.05) is 30.3 Å². The van der Waals surface area contributed by atoms with Crippen molar-refractivity contribution in [1.29, 1.82) is 0 Å². The van der Waals surface area contributed by atoms with Gasteiger partial charge < -0.3 is 9.73 Å². The highest BCUT2D eigenvalue weighted by Crippen LogP contribution is 2.10. The second kappa shape index (κ2) is 6.26. The van der Waals surface area contributed by atoms with Crippen molar-refractivity contribution in [3.63, 3.8) is 0 Å². The first-order valence-corrected chi connectivity index (χ1v) is 6.12. The van der Waals surface area contributed by atoms with Gasteiger partial charge in [-0.2, -0.15) is 0 Å². The molecule has 2 nitrogen and oxygen atoms in total. The Balaban J connectivity index is 1.85. The summed E-state index contributed by atoms with van der Waals surface area (Å²) in [5.74, 6) is 1.07. The van der Waals surface area contributed by atoms with E-state index < -0.39 is 0 Å². The number of hydrogen-bond donors (Lipinski definition) is 1. The summed E-state index contributed by atoms with van der Waals surface area (Å²) in [5.41, 5.74) is 1.38. The zero-order valence-electron chi connectivity index (χ0n) is 10.2. The van der Waals surface area contributed by atoms with Crippen LogP contribution in [0.5, 0.6) is 0 Å². The molecule has 0 aliphatic heterocycles. The highest BCUT2D eigenvalue weighted by Gasteiger charge is 2.08. The molecular weight excluding hydrogens is 210 g/mol. The number of rotatable bonds is 6. The van der Waals surface area contributed by atoms with Gasteiger partial charge in [0.15, 0.2) is 0 Å². The Hall–Kier alpha value is -1.54. The van der Waals surface area contributed by atoms with Crippen molar-refractivity contribution in [1.82, 2.24) is 5.32 Å². The molecule has 2 heteroatoms. The molecule has 0 aliphatic rings. The van der Waals surface area contributed by atoms with E-state index in [0.29, 0.717) is 6.04 Å². The maximum Gasteiger partial charge on any atom is 0.103 e. The first-order chi connectivity index (χ1) is 8.38. The second-order valence-electron chi connectivity index (χ2n) is 4.29. The maximum atomic E-state index is 5.35. The lowest BCUT2D eigenvalue weighted by atomic mass is 10.0. The third-order valence-corrected chi connectivity index (χ3v) is 3.05. The normalized spacial score (nSPS) is 12.5. The van der Waals surface area contributed by atoms with Crippen LogP contribution in [0, 0.1) is 0 Å². The molecule has 1 N–H and O–H groups in total. The summed E-state index contributed by atoms with van der Waals surface area (Å²) in [4.78, 5) is 0. The summed E-state index contributed by atoms with van der Waals surface area (Å²) in [5, 5.41) is 3.37. The summed E-state index contributed by atoms with van der Waals surface area (Å²) in [6.45, 7) is 0. The minimum absolute atomic E-state index is 0.502. The minimum atomic E-state index is 0.502. The molecule has 0 aliphatic carbocycles. The zero-order chi connectivity index (χ0) is 11.9. The van der Waals surface area contributed by atoms with Crippen molar-refractivity contribution < 1.29 is 4.42 Å². The molecule has 0 fully saturated rings. The van der Waals surface area contributed by atoms with E-state index in [0.717, 1.165) is 25.0 Å². The van der Waals surface area contributed by atoms with E-state index in [4.69, 9.17) is 4.42 Å². The van der Waals surface area contributed by atoms with Crippen LogP contribution in [0.15, 0.2) is 53.1 Å². The smallest absolute Gasteiger partial charge is 0.103 e. The molecule has 1 aromatic carbocycles. The molecule has 1 atom stereocenters. The molecule has 17 heavy (non-hydrogen) atoms. The van der Waals surface area contributed by atoms with Crippen LogP contribution in [0.2, 0.25) is 0 Å². The number of benzene rings is 1. The zero-order valence-corrected chi connectivity index (χ0v) is 10.2. The van der Waals surface area contributed by atoms with Crippen molar-refractivity contribution in [2.75, 3.05) is 7.05 Å². The predicted molar refractivity (Wildman–Crippen MR) is 70.0 cm³/mol. The molecule has 1 aromatic heterocycles. The average Bonchev–Trinajstić information content (AvgIpc) is 2.89. The van der Waals surface area contributed by atoms with Gasteiger partial charge in [0.1, 0.15) is 5.76 Å². The predicted octanol–water partition coefficient (Wildman–Crippen LogP) is 3.04. The van der Waals surface area contributed by atoms with Crippen LogP contribution < -0.4 is 5.32 Å². The van der Waals surface area contributed by atoms with Gasteiger partial charge in [0.05, 0.1) is 6.26 Å². The number of hydrogen-bond acceptors (Lipinski definition) is 2. The topological polar surface area (TPSA) is 25.2 Å². The van der Waals surface area contributed by atoms with Gasteiger partial charge in [0.2, 0.25) is 0 Å². The van der Waals surface area contributed by atoms with Crippen molar-refractivity contribution in [2.45, 2.75) is 25.3 Å². The average molecular weight is 229 g/mol. The van der Waals surface area contributed by atoms with Crippen molar-refractivity contribution >= 4 is 0 Å². The van der Waals surface area contributed by atoms with Crippen LogP contribution in [0.4, 0.5) is 0 Å². The van der Waals surface area contributed by atoms with Gasteiger partial charge in [-0.05, 0) is 37.6 Å². The lowest BCUT2D eigenvalue weighted by molar-refractivity contribution is 0.460. The van der Waals surface area contributed by atoms with Gasteiger partial charge >= 0.3 is 0 Å². The monoisotopic (exact) mass is 229 g/mol. The van der Waals surface area contributed by atoms with Crippen molar-refractivity contribution in [2.24, 2.45) is 0 Å². The molecule has 0 amide bonds. The van der Waals surface area contributed by atoms with E-state index in [-0.39, 0.29) is 0 Å². The Labute approximate surface area is 103 Å². The molecule has 0 radical (unpaired) electrons. The third kappa shape index (κ3) is 3.75. The molecular formula is C15H19NO. The van der Waals surface area contributed by atoms with E-state index in [1.807, 2.05) is 19.2 Å². The Morgan fingerprint density at radius 2 is 1.94 bits per heavy atom. The van der Waals surface area contributed by atoms with Gasteiger partial charge in [0.25, 0.3) is 0 Å². The van der Waals surface area contributed by atoms with Gasteiger partial charge in [-0.15, -0.1) is 0 Å². The molecule has 0 bridgehead atoms. The standard InChI is InChI=1S/C15H19NO/c1-16-14(9-10-15-8-5-11-17-15)12-13-6-3-2-4-7-13/h2-8,11,14,16H,9-10,12H2,1H3. The van der Waals surface area contributed by atoms with Crippen molar-refractivity contribution in [3.05, 3.63) is 60.1 Å². The number of nitrogens with one attached hydrogen (secondary N) is 1. The first kappa shape index (κ1) is 11.9. The molecule has 0 saturated heterocycles. The molecule has 0 spiro atoms. The fourth-order valence-corrected chi connectivity index (χ4v) is 2.02. The van der Waals surface area contributed by atoms with E-state index in [2.05, 4.69) is 35.6 Å². The summed E-state index contributed by atoms with van der Waals surface area (Å²) in [7, 11) is 2.02. The van der Waals surface area contributed by atoms with E-state index in [1.165, 1.54) is 5.56 Å². The minimum Gasteiger partial charge on any atom is -0.469 e. The molecule has 2 aromatic rings. The van der Waals surface area contributed by atoms with E-state index in [9.17, 15) is 0 Å². The Kier molecular flexibility index (Phi) is 4.39. The number of likely N-dealkylation sites (N-methyl/N-ethyl adjacent to an activating group) is 1. The molecule has 1 heterocycles. The van der Waals surface area contributed by atoms with Crippen LogP contribution >= 0.6 is 0 Å². The fraction of sp³-hybridized carbons (Fsp3) is 0.333. The van der Waals surface area contributed by atoms with Crippen LogP contribution in [0.25, 0.3) is 0 Å². The Morgan fingerprint density at radius 3 is 2.59 bits per heavy atom. The van der Waals surface area contributed by atoms with Gasteiger partial charge in [0, 0.05) is 12.5 Å². The SMILES string of the molecule is CNC(CCc1ccco1)Cc1ccccc1. The van der Waals surface area contributed by atoms with Crippen LogP contribution in [0.1, 0.15) is 17.7 Å². The summed E-state index contributed by atoms with van der Waals surface area (Å²) >= 11 is 0. The van der Waals surface area contributed by atoms with Gasteiger partial charge in [-0.3, -0.25) is 0 Å². The van der Waals surface area contributed by atoms with E-state index in [1.54, 1.807) is 6.26 Å². The molecule has 90 valence electrons. The third-order valence-electron chi connectivity index (χ3n) is 3.05. The van der Waals surface area contributed by atoms with Crippen LogP contribution in [-0.2, 0) is 12.8 Å². The Morgan fingerprint density at radius 1 is 1.12 bits per heavy atom. The lowest BCUT2D eigenvalue weighted by Gasteiger charge is -2.15. The molecule has 1 unspecified atom stereocenters. The largest absolute Gasteiger partial charge is 0.469 e. The van der Waals surface area contributed by atoms with E-state index >= 15 is 0 Å². The first-order valence-electron chi connectivity index (χ1n) is 6.12. The van der Waals surface area contributed by atoms with Crippen LogP contribution in [0.3, 0.4) is 0 Å². The quantitative estimate of drug-likeness (QED) is 0.823. The lowest BCUT2D eigenvalue weighted by Crippen LogP contribution is -2.28. The van der Waals surface area contributed by atoms with Crippen molar-refractivity contribution in [3.8, 4) is 0 Å². The highest BCUT2D eigenvalue weighted by atomic mass is 16.3. The maximum absolute atomic E-state index is 5.35.